The Balaban J connectivity index is 1.42. The Labute approximate surface area is 183 Å². The zero-order chi connectivity index (χ0) is 21.6. The van der Waals surface area contributed by atoms with E-state index in [1.165, 1.54) is 11.1 Å². The van der Waals surface area contributed by atoms with Crippen molar-refractivity contribution in [3.8, 4) is 22.6 Å². The zero-order valence-corrected chi connectivity index (χ0v) is 18.2. The summed E-state index contributed by atoms with van der Waals surface area (Å²) >= 11 is 0. The number of ether oxygens (including phenoxy) is 2. The minimum Gasteiger partial charge on any atom is -0.454 e. The maximum atomic E-state index is 13.4. The lowest BCUT2D eigenvalue weighted by Gasteiger charge is -2.19. The van der Waals surface area contributed by atoms with Crippen molar-refractivity contribution >= 4 is 11.6 Å². The molecule has 1 fully saturated rings. The number of amides is 1. The predicted molar refractivity (Wildman–Crippen MR) is 123 cm³/mol. The molecule has 4 nitrogen and oxygen atoms in total. The van der Waals surface area contributed by atoms with Gasteiger partial charge in [0.05, 0.1) is 5.41 Å². The Morgan fingerprint density at radius 3 is 2.52 bits per heavy atom. The molecule has 0 radical (unpaired) electrons. The molecule has 1 amide bonds. The first-order valence-corrected chi connectivity index (χ1v) is 10.9. The van der Waals surface area contributed by atoms with Crippen LogP contribution in [0.4, 0.5) is 5.69 Å². The number of hydrogen-bond donors (Lipinski definition) is 1. The summed E-state index contributed by atoms with van der Waals surface area (Å²) in [5.41, 5.74) is 6.09. The van der Waals surface area contributed by atoms with Crippen molar-refractivity contribution in [1.82, 2.24) is 0 Å². The SMILES string of the molecule is Cc1c(NC(=O)C2(c3ccc4c(c3)OCO4)CC2)cccc1-c1cccc(C(C)C)c1. The molecule has 4 heteroatoms. The lowest BCUT2D eigenvalue weighted by molar-refractivity contribution is -0.118. The number of anilines is 1. The van der Waals surface area contributed by atoms with Gasteiger partial charge in [-0.1, -0.05) is 56.3 Å². The monoisotopic (exact) mass is 413 g/mol. The average Bonchev–Trinajstić information content (AvgIpc) is 3.46. The Bertz CT molecular complexity index is 1160. The lowest BCUT2D eigenvalue weighted by atomic mass is 9.93. The number of fused-ring (bicyclic) bond motifs is 1. The Morgan fingerprint density at radius 1 is 0.968 bits per heavy atom. The molecule has 158 valence electrons. The van der Waals surface area contributed by atoms with Crippen LogP contribution < -0.4 is 14.8 Å². The van der Waals surface area contributed by atoms with E-state index in [4.69, 9.17) is 9.47 Å². The van der Waals surface area contributed by atoms with E-state index in [9.17, 15) is 4.79 Å². The lowest BCUT2D eigenvalue weighted by Crippen LogP contribution is -2.28. The molecule has 3 aromatic rings. The van der Waals surface area contributed by atoms with Crippen molar-refractivity contribution in [2.45, 2.75) is 44.9 Å². The van der Waals surface area contributed by atoms with E-state index in [0.717, 1.165) is 46.7 Å². The fourth-order valence-corrected chi connectivity index (χ4v) is 4.36. The molecule has 0 aromatic heterocycles. The molecule has 0 atom stereocenters. The second kappa shape index (κ2) is 7.45. The van der Waals surface area contributed by atoms with Gasteiger partial charge in [-0.15, -0.1) is 0 Å². The Kier molecular flexibility index (Phi) is 4.73. The van der Waals surface area contributed by atoms with E-state index in [0.29, 0.717) is 5.92 Å². The second-order valence-electron chi connectivity index (χ2n) is 8.86. The van der Waals surface area contributed by atoms with E-state index in [1.54, 1.807) is 0 Å². The topological polar surface area (TPSA) is 47.6 Å². The van der Waals surface area contributed by atoms with Crippen LogP contribution in [0.5, 0.6) is 11.5 Å². The number of carbonyl (C=O) groups is 1. The van der Waals surface area contributed by atoms with Gasteiger partial charge in [-0.2, -0.15) is 0 Å². The number of hydrogen-bond acceptors (Lipinski definition) is 3. The molecule has 0 unspecified atom stereocenters. The average molecular weight is 414 g/mol. The van der Waals surface area contributed by atoms with E-state index in [1.807, 2.05) is 30.3 Å². The minimum atomic E-state index is -0.485. The Hall–Kier alpha value is -3.27. The van der Waals surface area contributed by atoms with Gasteiger partial charge in [0.2, 0.25) is 12.7 Å². The molecule has 0 spiro atoms. The first kappa shape index (κ1) is 19.7. The smallest absolute Gasteiger partial charge is 0.235 e. The van der Waals surface area contributed by atoms with Crippen LogP contribution >= 0.6 is 0 Å². The van der Waals surface area contributed by atoms with Gasteiger partial charge in [0.25, 0.3) is 0 Å². The predicted octanol–water partition coefficient (Wildman–Crippen LogP) is 6.18. The molecule has 1 aliphatic heterocycles. The largest absolute Gasteiger partial charge is 0.454 e. The number of nitrogens with one attached hydrogen (secondary N) is 1. The number of benzene rings is 3. The molecule has 0 bridgehead atoms. The molecular formula is C27H27NO3. The molecule has 31 heavy (non-hydrogen) atoms. The molecule has 0 saturated heterocycles. The van der Waals surface area contributed by atoms with Gasteiger partial charge in [-0.3, -0.25) is 4.79 Å². The summed E-state index contributed by atoms with van der Waals surface area (Å²) in [5.74, 6) is 1.98. The van der Waals surface area contributed by atoms with Crippen LogP contribution in [-0.4, -0.2) is 12.7 Å². The van der Waals surface area contributed by atoms with Gasteiger partial charge < -0.3 is 14.8 Å². The van der Waals surface area contributed by atoms with Gasteiger partial charge in [0.15, 0.2) is 11.5 Å². The van der Waals surface area contributed by atoms with Crippen molar-refractivity contribution < 1.29 is 14.3 Å². The van der Waals surface area contributed by atoms with Gasteiger partial charge >= 0.3 is 0 Å². The summed E-state index contributed by atoms with van der Waals surface area (Å²) in [6, 6.07) is 20.6. The van der Waals surface area contributed by atoms with E-state index < -0.39 is 5.41 Å². The van der Waals surface area contributed by atoms with Crippen LogP contribution in [0.2, 0.25) is 0 Å². The van der Waals surface area contributed by atoms with Crippen LogP contribution in [0.1, 0.15) is 49.3 Å². The van der Waals surface area contributed by atoms with Crippen LogP contribution in [0.25, 0.3) is 11.1 Å². The second-order valence-corrected chi connectivity index (χ2v) is 8.86. The van der Waals surface area contributed by atoms with E-state index in [-0.39, 0.29) is 12.7 Å². The van der Waals surface area contributed by atoms with Gasteiger partial charge in [0.1, 0.15) is 0 Å². The summed E-state index contributed by atoms with van der Waals surface area (Å²) in [6.07, 6.45) is 1.68. The molecule has 1 heterocycles. The van der Waals surface area contributed by atoms with Crippen molar-refractivity contribution in [1.29, 1.82) is 0 Å². The van der Waals surface area contributed by atoms with E-state index in [2.05, 4.69) is 56.4 Å². The maximum Gasteiger partial charge on any atom is 0.235 e. The van der Waals surface area contributed by atoms with Crippen molar-refractivity contribution in [3.05, 3.63) is 77.4 Å². The third-order valence-corrected chi connectivity index (χ3v) is 6.56. The fraction of sp³-hybridized carbons (Fsp3) is 0.296. The van der Waals surface area contributed by atoms with Crippen molar-refractivity contribution in [2.75, 3.05) is 12.1 Å². The highest BCUT2D eigenvalue weighted by Gasteiger charge is 2.51. The fourth-order valence-electron chi connectivity index (χ4n) is 4.36. The molecule has 1 N–H and O–H groups in total. The standard InChI is InChI=1S/C27H27NO3/c1-17(2)19-6-4-7-20(14-19)22-8-5-9-23(18(22)3)28-26(29)27(12-13-27)21-10-11-24-25(15-21)31-16-30-24/h4-11,14-15,17H,12-13,16H2,1-3H3,(H,28,29). The van der Waals surface area contributed by atoms with Crippen molar-refractivity contribution in [2.24, 2.45) is 0 Å². The van der Waals surface area contributed by atoms with Crippen LogP contribution in [0.15, 0.2) is 60.7 Å². The summed E-state index contributed by atoms with van der Waals surface area (Å²) in [7, 11) is 0. The molecule has 3 aromatic carbocycles. The summed E-state index contributed by atoms with van der Waals surface area (Å²) in [4.78, 5) is 13.4. The normalized spacial score (nSPS) is 15.7. The highest BCUT2D eigenvalue weighted by Crippen LogP contribution is 2.51. The first-order valence-electron chi connectivity index (χ1n) is 10.9. The van der Waals surface area contributed by atoms with Gasteiger partial charge in [0, 0.05) is 5.69 Å². The molecule has 5 rings (SSSR count). The summed E-state index contributed by atoms with van der Waals surface area (Å²) < 4.78 is 10.9. The third kappa shape index (κ3) is 3.46. The van der Waals surface area contributed by atoms with Crippen LogP contribution in [-0.2, 0) is 10.2 Å². The summed E-state index contributed by atoms with van der Waals surface area (Å²) in [5, 5.41) is 3.22. The van der Waals surface area contributed by atoms with Gasteiger partial charge in [-0.05, 0) is 71.7 Å². The third-order valence-electron chi connectivity index (χ3n) is 6.56. The van der Waals surface area contributed by atoms with Gasteiger partial charge in [-0.25, -0.2) is 0 Å². The highest BCUT2D eigenvalue weighted by atomic mass is 16.7. The molecular weight excluding hydrogens is 386 g/mol. The number of rotatable bonds is 5. The quantitative estimate of drug-likeness (QED) is 0.543. The zero-order valence-electron chi connectivity index (χ0n) is 18.2. The van der Waals surface area contributed by atoms with Crippen LogP contribution in [0.3, 0.4) is 0 Å². The summed E-state index contributed by atoms with van der Waals surface area (Å²) in [6.45, 7) is 6.72. The van der Waals surface area contributed by atoms with Crippen molar-refractivity contribution in [3.63, 3.8) is 0 Å². The molecule has 1 aliphatic carbocycles. The minimum absolute atomic E-state index is 0.0440. The van der Waals surface area contributed by atoms with Crippen LogP contribution in [0, 0.1) is 6.92 Å². The maximum absolute atomic E-state index is 13.4. The first-order chi connectivity index (χ1) is 15.0. The highest BCUT2D eigenvalue weighted by molar-refractivity contribution is 6.02. The Morgan fingerprint density at radius 2 is 1.74 bits per heavy atom. The molecule has 2 aliphatic rings. The number of carbonyl (C=O) groups excluding carboxylic acids is 1. The van der Waals surface area contributed by atoms with E-state index >= 15 is 0 Å². The molecule has 1 saturated carbocycles.